The monoisotopic (exact) mass is 382 g/mol. The third-order valence-electron chi connectivity index (χ3n) is 9.58. The quantitative estimate of drug-likeness (QED) is 0.534. The molecular formula is C26H38O2. The van der Waals surface area contributed by atoms with Gasteiger partial charge in [-0.3, -0.25) is 9.59 Å². The summed E-state index contributed by atoms with van der Waals surface area (Å²) in [5.74, 6) is 3.76. The number of Topliss-reactive ketones (excluding diaryl/α,β-unsaturated/α-hetero) is 1. The molecule has 0 aromatic heterocycles. The number of ketones is 2. The number of hydrogen-bond acceptors (Lipinski definition) is 2. The lowest BCUT2D eigenvalue weighted by Gasteiger charge is -2.57. The van der Waals surface area contributed by atoms with Gasteiger partial charge in [0.15, 0.2) is 11.6 Å². The number of carbonyl (C=O) groups is 2. The number of carbonyl (C=O) groups excluding carboxylic acids is 2. The number of allylic oxidation sites excluding steroid dienone is 2. The lowest BCUT2D eigenvalue weighted by Crippen LogP contribution is -2.53. The van der Waals surface area contributed by atoms with E-state index in [0.717, 1.165) is 30.3 Å². The van der Waals surface area contributed by atoms with E-state index in [1.807, 2.05) is 0 Å². The summed E-state index contributed by atoms with van der Waals surface area (Å²) in [6.07, 6.45) is 11.5. The molecule has 0 heterocycles. The molecular weight excluding hydrogens is 344 g/mol. The van der Waals surface area contributed by atoms with Gasteiger partial charge in [0.2, 0.25) is 0 Å². The van der Waals surface area contributed by atoms with Crippen LogP contribution < -0.4 is 0 Å². The summed E-state index contributed by atoms with van der Waals surface area (Å²) >= 11 is 0. The minimum atomic E-state index is -0.0567. The zero-order chi connectivity index (χ0) is 20.3. The SMILES string of the molecule is C=C(C)CC[C@@H](C)[C@H]1CC[C@H]2[C@@H]3CC(=O)C4=CC(=O)CC[C@]4(C)[C@H]3CC[C@]12C. The molecule has 0 aromatic carbocycles. The van der Waals surface area contributed by atoms with Crippen LogP contribution in [0, 0.1) is 40.4 Å². The smallest absolute Gasteiger partial charge is 0.159 e. The highest BCUT2D eigenvalue weighted by molar-refractivity contribution is 6.05. The maximum absolute atomic E-state index is 13.1. The highest BCUT2D eigenvalue weighted by Gasteiger charge is 2.60. The van der Waals surface area contributed by atoms with Gasteiger partial charge < -0.3 is 0 Å². The second-order valence-electron chi connectivity index (χ2n) is 11.1. The molecule has 7 atom stereocenters. The summed E-state index contributed by atoms with van der Waals surface area (Å²) in [6, 6.07) is 0. The maximum Gasteiger partial charge on any atom is 0.159 e. The van der Waals surface area contributed by atoms with Crippen molar-refractivity contribution in [1.29, 1.82) is 0 Å². The first-order chi connectivity index (χ1) is 13.2. The third-order valence-corrected chi connectivity index (χ3v) is 9.58. The van der Waals surface area contributed by atoms with Crippen molar-refractivity contribution in [2.75, 3.05) is 0 Å². The Morgan fingerprint density at radius 1 is 1.18 bits per heavy atom. The van der Waals surface area contributed by atoms with Gasteiger partial charge in [0.1, 0.15) is 0 Å². The van der Waals surface area contributed by atoms with Crippen molar-refractivity contribution in [2.24, 2.45) is 40.4 Å². The van der Waals surface area contributed by atoms with Gasteiger partial charge in [-0.05, 0) is 98.4 Å². The molecule has 3 saturated carbocycles. The van der Waals surface area contributed by atoms with Crippen LogP contribution in [0.25, 0.3) is 0 Å². The summed E-state index contributed by atoms with van der Waals surface area (Å²) < 4.78 is 0. The lowest BCUT2D eigenvalue weighted by molar-refractivity contribution is -0.131. The van der Waals surface area contributed by atoms with E-state index in [0.29, 0.717) is 36.0 Å². The van der Waals surface area contributed by atoms with Crippen molar-refractivity contribution in [2.45, 2.75) is 85.5 Å². The maximum atomic E-state index is 13.1. The molecule has 0 unspecified atom stereocenters. The average Bonchev–Trinajstić information content (AvgIpc) is 2.99. The Labute approximate surface area is 171 Å². The fourth-order valence-corrected chi connectivity index (χ4v) is 8.04. The van der Waals surface area contributed by atoms with Crippen LogP contribution in [0.2, 0.25) is 0 Å². The van der Waals surface area contributed by atoms with Gasteiger partial charge in [0, 0.05) is 18.4 Å². The molecule has 0 N–H and O–H groups in total. The van der Waals surface area contributed by atoms with Gasteiger partial charge in [0.25, 0.3) is 0 Å². The Balaban J connectivity index is 1.59. The van der Waals surface area contributed by atoms with Gasteiger partial charge in [-0.25, -0.2) is 0 Å². The summed E-state index contributed by atoms with van der Waals surface area (Å²) in [4.78, 5) is 25.1. The van der Waals surface area contributed by atoms with E-state index in [1.165, 1.54) is 37.7 Å². The van der Waals surface area contributed by atoms with Crippen molar-refractivity contribution < 1.29 is 9.59 Å². The zero-order valence-corrected chi connectivity index (χ0v) is 18.4. The molecule has 0 bridgehead atoms. The zero-order valence-electron chi connectivity index (χ0n) is 18.4. The van der Waals surface area contributed by atoms with Gasteiger partial charge in [-0.2, -0.15) is 0 Å². The van der Waals surface area contributed by atoms with Crippen molar-refractivity contribution in [3.05, 3.63) is 23.8 Å². The number of hydrogen-bond donors (Lipinski definition) is 0. The minimum Gasteiger partial charge on any atom is -0.295 e. The van der Waals surface area contributed by atoms with Crippen LogP contribution in [0.4, 0.5) is 0 Å². The molecule has 0 aromatic rings. The first kappa shape index (κ1) is 20.1. The predicted octanol–water partition coefficient (Wildman–Crippen LogP) is 6.31. The molecule has 4 rings (SSSR count). The molecule has 4 aliphatic carbocycles. The Hall–Kier alpha value is -1.18. The van der Waals surface area contributed by atoms with E-state index in [9.17, 15) is 9.59 Å². The highest BCUT2D eigenvalue weighted by atomic mass is 16.1. The third kappa shape index (κ3) is 2.97. The van der Waals surface area contributed by atoms with E-state index >= 15 is 0 Å². The van der Waals surface area contributed by atoms with Crippen LogP contribution in [0.3, 0.4) is 0 Å². The van der Waals surface area contributed by atoms with Crippen LogP contribution >= 0.6 is 0 Å². The lowest BCUT2D eigenvalue weighted by atomic mass is 9.46. The molecule has 2 heteroatoms. The topological polar surface area (TPSA) is 34.1 Å². The van der Waals surface area contributed by atoms with Crippen LogP contribution in [-0.2, 0) is 9.59 Å². The molecule has 0 saturated heterocycles. The molecule has 0 amide bonds. The van der Waals surface area contributed by atoms with Crippen molar-refractivity contribution in [3.8, 4) is 0 Å². The normalized spacial score (nSPS) is 43.6. The Bertz CT molecular complexity index is 731. The predicted molar refractivity (Wildman–Crippen MR) is 114 cm³/mol. The van der Waals surface area contributed by atoms with Gasteiger partial charge in [-0.1, -0.05) is 26.3 Å². The van der Waals surface area contributed by atoms with Crippen LogP contribution in [0.15, 0.2) is 23.8 Å². The van der Waals surface area contributed by atoms with E-state index < -0.39 is 0 Å². The van der Waals surface area contributed by atoms with Crippen LogP contribution in [0.5, 0.6) is 0 Å². The van der Waals surface area contributed by atoms with Gasteiger partial charge in [-0.15, -0.1) is 6.58 Å². The summed E-state index contributed by atoms with van der Waals surface area (Å²) in [5.41, 5.74) is 2.50. The molecule has 154 valence electrons. The van der Waals surface area contributed by atoms with Crippen LogP contribution in [0.1, 0.15) is 85.5 Å². The fourth-order valence-electron chi connectivity index (χ4n) is 8.04. The molecule has 0 radical (unpaired) electrons. The number of rotatable bonds is 4. The largest absolute Gasteiger partial charge is 0.295 e. The van der Waals surface area contributed by atoms with Crippen molar-refractivity contribution in [1.82, 2.24) is 0 Å². The fraction of sp³-hybridized carbons (Fsp3) is 0.769. The van der Waals surface area contributed by atoms with E-state index in [4.69, 9.17) is 0 Å². The first-order valence-corrected chi connectivity index (χ1v) is 11.6. The minimum absolute atomic E-state index is 0.0567. The molecule has 0 spiro atoms. The highest BCUT2D eigenvalue weighted by Crippen LogP contribution is 2.67. The summed E-state index contributed by atoms with van der Waals surface area (Å²) in [5, 5.41) is 0. The molecule has 4 aliphatic rings. The summed E-state index contributed by atoms with van der Waals surface area (Å²) in [6.45, 7) is 13.5. The first-order valence-electron chi connectivity index (χ1n) is 11.6. The molecule has 2 nitrogen and oxygen atoms in total. The Morgan fingerprint density at radius 3 is 2.64 bits per heavy atom. The van der Waals surface area contributed by atoms with Crippen LogP contribution in [-0.4, -0.2) is 11.6 Å². The van der Waals surface area contributed by atoms with E-state index in [2.05, 4.69) is 34.3 Å². The second-order valence-corrected chi connectivity index (χ2v) is 11.1. The van der Waals surface area contributed by atoms with Gasteiger partial charge in [0.05, 0.1) is 0 Å². The Morgan fingerprint density at radius 2 is 1.93 bits per heavy atom. The van der Waals surface area contributed by atoms with E-state index in [1.54, 1.807) is 6.08 Å². The van der Waals surface area contributed by atoms with Gasteiger partial charge >= 0.3 is 0 Å². The van der Waals surface area contributed by atoms with E-state index in [-0.39, 0.29) is 17.0 Å². The van der Waals surface area contributed by atoms with Crippen molar-refractivity contribution in [3.63, 3.8) is 0 Å². The molecule has 28 heavy (non-hydrogen) atoms. The standard InChI is InChI=1S/C26H38O2/c1-16(2)6-7-17(3)20-8-9-21-19-15-24(28)23-14-18(27)10-12-26(23,5)22(19)11-13-25(20,21)4/h14,17,19-22H,1,6-13,15H2,2-5H3/t17-,19+,20-,21+,22+,25-,26-/m1/s1. The summed E-state index contributed by atoms with van der Waals surface area (Å²) in [7, 11) is 0. The molecule has 3 fully saturated rings. The number of fused-ring (bicyclic) bond motifs is 5. The average molecular weight is 383 g/mol. The molecule has 0 aliphatic heterocycles. The second kappa shape index (κ2) is 6.96. The Kier molecular flexibility index (Phi) is 5.00. The van der Waals surface area contributed by atoms with Crippen molar-refractivity contribution >= 4 is 11.6 Å².